The molecule has 2 aromatic carbocycles. The Morgan fingerprint density at radius 2 is 1.75 bits per heavy atom. The summed E-state index contributed by atoms with van der Waals surface area (Å²) in [6.07, 6.45) is 1.30. The fraction of sp³-hybridized carbons (Fsp3) is 0.263. The lowest BCUT2D eigenvalue weighted by Gasteiger charge is -2.15. The number of rotatable bonds is 8. The summed E-state index contributed by atoms with van der Waals surface area (Å²) in [6.45, 7) is 1.68. The first-order valence-electron chi connectivity index (χ1n) is 7.88. The number of hydrogen-bond donors (Lipinski definition) is 2. The van der Waals surface area contributed by atoms with Gasteiger partial charge in [0.2, 0.25) is 5.91 Å². The first kappa shape index (κ1) is 17.5. The van der Waals surface area contributed by atoms with Crippen LogP contribution in [0.5, 0.6) is 5.75 Å². The summed E-state index contributed by atoms with van der Waals surface area (Å²) < 4.78 is 5.05. The van der Waals surface area contributed by atoms with Gasteiger partial charge in [-0.05, 0) is 42.2 Å². The highest BCUT2D eigenvalue weighted by atomic mass is 16.5. The summed E-state index contributed by atoms with van der Waals surface area (Å²) in [5.74, 6) is -0.445. The van der Waals surface area contributed by atoms with Gasteiger partial charge in [0, 0.05) is 12.1 Å². The molecule has 2 rings (SSSR count). The second-order valence-electron chi connectivity index (χ2n) is 5.47. The maximum Gasteiger partial charge on any atom is 0.341 e. The third kappa shape index (κ3) is 5.43. The van der Waals surface area contributed by atoms with Crippen LogP contribution in [0.1, 0.15) is 31.2 Å². The van der Waals surface area contributed by atoms with Crippen molar-refractivity contribution < 1.29 is 19.4 Å². The van der Waals surface area contributed by atoms with Crippen LogP contribution in [-0.2, 0) is 9.59 Å². The Labute approximate surface area is 141 Å². The summed E-state index contributed by atoms with van der Waals surface area (Å²) in [7, 11) is 0. The van der Waals surface area contributed by atoms with Crippen LogP contribution in [0, 0.1) is 0 Å². The highest BCUT2D eigenvalue weighted by Gasteiger charge is 2.14. The smallest absolute Gasteiger partial charge is 0.341 e. The van der Waals surface area contributed by atoms with Crippen molar-refractivity contribution in [3.63, 3.8) is 0 Å². The maximum atomic E-state index is 12.2. The van der Waals surface area contributed by atoms with Crippen molar-refractivity contribution in [1.82, 2.24) is 0 Å². The van der Waals surface area contributed by atoms with Gasteiger partial charge < -0.3 is 15.2 Å². The van der Waals surface area contributed by atoms with E-state index < -0.39 is 5.97 Å². The summed E-state index contributed by atoms with van der Waals surface area (Å²) in [4.78, 5) is 22.7. The number of carboxylic acid groups (broad SMARTS) is 1. The molecule has 126 valence electrons. The average Bonchev–Trinajstić information content (AvgIpc) is 2.59. The van der Waals surface area contributed by atoms with Gasteiger partial charge in [0.1, 0.15) is 5.75 Å². The van der Waals surface area contributed by atoms with E-state index in [1.54, 1.807) is 24.3 Å². The predicted octanol–water partition coefficient (Wildman–Crippen LogP) is 3.67. The molecule has 5 heteroatoms. The first-order chi connectivity index (χ1) is 11.6. The van der Waals surface area contributed by atoms with E-state index in [1.807, 2.05) is 30.3 Å². The zero-order chi connectivity index (χ0) is 17.4. The summed E-state index contributed by atoms with van der Waals surface area (Å²) >= 11 is 0. The lowest BCUT2D eigenvalue weighted by atomic mass is 9.93. The molecule has 0 fully saturated rings. The molecule has 0 spiro atoms. The summed E-state index contributed by atoms with van der Waals surface area (Å²) in [6, 6.07) is 16.6. The molecule has 0 aliphatic rings. The van der Waals surface area contributed by atoms with Crippen molar-refractivity contribution in [2.45, 2.75) is 25.7 Å². The van der Waals surface area contributed by atoms with Crippen molar-refractivity contribution in [3.05, 3.63) is 60.2 Å². The number of aliphatic carboxylic acids is 1. The topological polar surface area (TPSA) is 75.6 Å². The molecule has 0 radical (unpaired) electrons. The van der Waals surface area contributed by atoms with Gasteiger partial charge in [-0.15, -0.1) is 0 Å². The number of hydrogen-bond acceptors (Lipinski definition) is 3. The zero-order valence-corrected chi connectivity index (χ0v) is 13.6. The average molecular weight is 327 g/mol. The predicted molar refractivity (Wildman–Crippen MR) is 92.3 cm³/mol. The van der Waals surface area contributed by atoms with E-state index in [2.05, 4.69) is 12.2 Å². The van der Waals surface area contributed by atoms with Gasteiger partial charge in [0.15, 0.2) is 6.61 Å². The highest BCUT2D eigenvalue weighted by Crippen LogP contribution is 2.24. The van der Waals surface area contributed by atoms with Crippen LogP contribution in [0.4, 0.5) is 5.69 Å². The lowest BCUT2D eigenvalue weighted by molar-refractivity contribution is -0.139. The quantitative estimate of drug-likeness (QED) is 0.775. The Hall–Kier alpha value is -2.82. The molecule has 2 aromatic rings. The van der Waals surface area contributed by atoms with E-state index in [0.29, 0.717) is 17.9 Å². The molecule has 0 aliphatic heterocycles. The lowest BCUT2D eigenvalue weighted by Crippen LogP contribution is -2.15. The fourth-order valence-corrected chi connectivity index (χ4v) is 2.44. The van der Waals surface area contributed by atoms with Crippen LogP contribution >= 0.6 is 0 Å². The van der Waals surface area contributed by atoms with Crippen molar-refractivity contribution in [2.75, 3.05) is 11.9 Å². The largest absolute Gasteiger partial charge is 0.482 e. The number of carbonyl (C=O) groups is 2. The molecule has 24 heavy (non-hydrogen) atoms. The van der Waals surface area contributed by atoms with Crippen molar-refractivity contribution >= 4 is 17.6 Å². The van der Waals surface area contributed by atoms with Crippen LogP contribution in [-0.4, -0.2) is 23.6 Å². The van der Waals surface area contributed by atoms with Crippen LogP contribution in [0.25, 0.3) is 0 Å². The molecule has 1 unspecified atom stereocenters. The van der Waals surface area contributed by atoms with Crippen LogP contribution in [0.2, 0.25) is 0 Å². The van der Waals surface area contributed by atoms with Crippen molar-refractivity contribution in [1.29, 1.82) is 0 Å². The Morgan fingerprint density at radius 1 is 1.08 bits per heavy atom. The second-order valence-corrected chi connectivity index (χ2v) is 5.47. The van der Waals surface area contributed by atoms with Gasteiger partial charge >= 0.3 is 5.97 Å². The van der Waals surface area contributed by atoms with Gasteiger partial charge in [-0.25, -0.2) is 4.79 Å². The van der Waals surface area contributed by atoms with Gasteiger partial charge in [-0.1, -0.05) is 37.3 Å². The van der Waals surface area contributed by atoms with Crippen LogP contribution in [0.3, 0.4) is 0 Å². The Balaban J connectivity index is 1.90. The molecule has 0 heterocycles. The van der Waals surface area contributed by atoms with Gasteiger partial charge in [-0.2, -0.15) is 0 Å². The Morgan fingerprint density at radius 3 is 2.33 bits per heavy atom. The number of nitrogens with one attached hydrogen (secondary N) is 1. The highest BCUT2D eigenvalue weighted by molar-refractivity contribution is 5.91. The molecular formula is C19H21NO4. The molecule has 0 saturated heterocycles. The van der Waals surface area contributed by atoms with Crippen LogP contribution < -0.4 is 10.1 Å². The molecule has 0 bridgehead atoms. The second kappa shape index (κ2) is 8.72. The third-order valence-electron chi connectivity index (χ3n) is 3.70. The fourth-order valence-electron chi connectivity index (χ4n) is 2.44. The van der Waals surface area contributed by atoms with Gasteiger partial charge in [0.25, 0.3) is 0 Å². The zero-order valence-electron chi connectivity index (χ0n) is 13.6. The van der Waals surface area contributed by atoms with E-state index >= 15 is 0 Å². The molecule has 2 N–H and O–H groups in total. The van der Waals surface area contributed by atoms with Gasteiger partial charge in [0.05, 0.1) is 0 Å². The molecule has 5 nitrogen and oxygen atoms in total. The normalized spacial score (nSPS) is 11.5. The first-order valence-corrected chi connectivity index (χ1v) is 7.88. The van der Waals surface area contributed by atoms with E-state index in [9.17, 15) is 9.59 Å². The Bertz CT molecular complexity index is 668. The van der Waals surface area contributed by atoms with E-state index in [4.69, 9.17) is 9.84 Å². The van der Waals surface area contributed by atoms with Gasteiger partial charge in [-0.3, -0.25) is 4.79 Å². The molecule has 1 amide bonds. The number of amides is 1. The number of anilines is 1. The number of ether oxygens (including phenoxy) is 1. The third-order valence-corrected chi connectivity index (χ3v) is 3.70. The Kier molecular flexibility index (Phi) is 6.37. The number of benzene rings is 2. The molecule has 0 aliphatic carbocycles. The molecule has 0 saturated carbocycles. The van der Waals surface area contributed by atoms with E-state index in [0.717, 1.165) is 12.0 Å². The van der Waals surface area contributed by atoms with E-state index in [1.165, 1.54) is 0 Å². The minimum atomic E-state index is -1.03. The molecule has 1 atom stereocenters. The monoisotopic (exact) mass is 327 g/mol. The SMILES string of the molecule is CCC(CC(=O)Nc1ccc(OCC(=O)O)cc1)c1ccccc1. The van der Waals surface area contributed by atoms with Crippen LogP contribution in [0.15, 0.2) is 54.6 Å². The molecular weight excluding hydrogens is 306 g/mol. The van der Waals surface area contributed by atoms with Crippen molar-refractivity contribution in [3.8, 4) is 5.75 Å². The summed E-state index contributed by atoms with van der Waals surface area (Å²) in [5, 5.41) is 11.4. The maximum absolute atomic E-state index is 12.2. The van der Waals surface area contributed by atoms with Crippen molar-refractivity contribution in [2.24, 2.45) is 0 Å². The minimum absolute atomic E-state index is 0.0510. The molecule has 0 aromatic heterocycles. The minimum Gasteiger partial charge on any atom is -0.482 e. The number of carboxylic acids is 1. The standard InChI is InChI=1S/C19H21NO4/c1-2-14(15-6-4-3-5-7-15)12-18(21)20-16-8-10-17(11-9-16)24-13-19(22)23/h3-11,14H,2,12-13H2,1H3,(H,20,21)(H,22,23). The van der Waals surface area contributed by atoms with E-state index in [-0.39, 0.29) is 18.4 Å². The number of carbonyl (C=O) groups excluding carboxylic acids is 1. The summed E-state index contributed by atoms with van der Waals surface area (Å²) in [5.41, 5.74) is 1.82.